The number of hydrogen-bond acceptors (Lipinski definition) is 1. The Morgan fingerprint density at radius 2 is 2.00 bits per heavy atom. The molecule has 0 aliphatic rings. The molecule has 1 atom stereocenters. The second-order valence-electron chi connectivity index (χ2n) is 3.80. The highest BCUT2D eigenvalue weighted by molar-refractivity contribution is 5.25. The Kier molecular flexibility index (Phi) is 3.97. The van der Waals surface area contributed by atoms with E-state index in [1.807, 2.05) is 0 Å². The molecule has 0 aliphatic carbocycles. The third-order valence-electron chi connectivity index (χ3n) is 2.37. The molecule has 72 valence electrons. The molecule has 0 saturated heterocycles. The van der Waals surface area contributed by atoms with Crippen LogP contribution in [0.1, 0.15) is 30.9 Å². The van der Waals surface area contributed by atoms with Crippen molar-refractivity contribution in [3.05, 3.63) is 35.4 Å². The molecule has 0 heterocycles. The van der Waals surface area contributed by atoms with Crippen molar-refractivity contribution in [3.63, 3.8) is 0 Å². The van der Waals surface area contributed by atoms with Gasteiger partial charge in [-0.2, -0.15) is 0 Å². The van der Waals surface area contributed by atoms with Gasteiger partial charge in [-0.3, -0.25) is 0 Å². The molecular weight excluding hydrogens is 158 g/mol. The van der Waals surface area contributed by atoms with Crippen LogP contribution in [0.5, 0.6) is 0 Å². The summed E-state index contributed by atoms with van der Waals surface area (Å²) in [5, 5.41) is 0. The van der Waals surface area contributed by atoms with E-state index in [1.165, 1.54) is 17.5 Å². The largest absolute Gasteiger partial charge is 0.328 e. The molecule has 0 aromatic heterocycles. The smallest absolute Gasteiger partial charge is 0.00105 e. The minimum atomic E-state index is 0.337. The molecule has 0 radical (unpaired) electrons. The lowest BCUT2D eigenvalue weighted by molar-refractivity contribution is 0.623. The lowest BCUT2D eigenvalue weighted by atomic mass is 10.0. The van der Waals surface area contributed by atoms with E-state index in [0.717, 1.165) is 12.8 Å². The third-order valence-corrected chi connectivity index (χ3v) is 2.37. The first-order chi connectivity index (χ1) is 6.20. The molecule has 0 aliphatic heterocycles. The molecule has 0 amide bonds. The molecule has 1 aromatic carbocycles. The van der Waals surface area contributed by atoms with Gasteiger partial charge in [0.25, 0.3) is 0 Å². The van der Waals surface area contributed by atoms with Crippen molar-refractivity contribution in [1.29, 1.82) is 0 Å². The minimum Gasteiger partial charge on any atom is -0.328 e. The summed E-state index contributed by atoms with van der Waals surface area (Å²) >= 11 is 0. The van der Waals surface area contributed by atoms with Gasteiger partial charge in [0.2, 0.25) is 0 Å². The quantitative estimate of drug-likeness (QED) is 0.751. The molecule has 0 unspecified atom stereocenters. The van der Waals surface area contributed by atoms with Crippen LogP contribution in [-0.4, -0.2) is 6.04 Å². The first-order valence-corrected chi connectivity index (χ1v) is 5.00. The van der Waals surface area contributed by atoms with Crippen molar-refractivity contribution >= 4 is 0 Å². The number of nitrogens with two attached hydrogens (primary N) is 1. The summed E-state index contributed by atoms with van der Waals surface area (Å²) in [5.74, 6) is 0. The first kappa shape index (κ1) is 10.3. The lowest BCUT2D eigenvalue weighted by Gasteiger charge is -2.06. The highest BCUT2D eigenvalue weighted by Crippen LogP contribution is 2.10. The average molecular weight is 177 g/mol. The second kappa shape index (κ2) is 5.03. The van der Waals surface area contributed by atoms with Crippen LogP contribution >= 0.6 is 0 Å². The summed E-state index contributed by atoms with van der Waals surface area (Å²) in [6.45, 7) is 4.24. The predicted octanol–water partition coefficient (Wildman–Crippen LogP) is 2.66. The fourth-order valence-corrected chi connectivity index (χ4v) is 1.51. The molecule has 0 bridgehead atoms. The molecule has 1 rings (SSSR count). The van der Waals surface area contributed by atoms with Crippen LogP contribution in [0.3, 0.4) is 0 Å². The van der Waals surface area contributed by atoms with E-state index in [0.29, 0.717) is 6.04 Å². The summed E-state index contributed by atoms with van der Waals surface area (Å²) in [7, 11) is 0. The van der Waals surface area contributed by atoms with Gasteiger partial charge in [0, 0.05) is 6.04 Å². The standard InChI is InChI=1S/C12H19N/c1-10-6-3-4-8-12(10)9-5-7-11(2)13/h3-4,6,8,11H,5,7,9,13H2,1-2H3/t11-/m1/s1. The SMILES string of the molecule is Cc1ccccc1CCC[C@@H](C)N. The van der Waals surface area contributed by atoms with E-state index in [9.17, 15) is 0 Å². The molecule has 1 heteroatoms. The number of benzene rings is 1. The van der Waals surface area contributed by atoms with E-state index in [-0.39, 0.29) is 0 Å². The van der Waals surface area contributed by atoms with Crippen molar-refractivity contribution in [3.8, 4) is 0 Å². The minimum absolute atomic E-state index is 0.337. The zero-order valence-electron chi connectivity index (χ0n) is 8.59. The average Bonchev–Trinajstić information content (AvgIpc) is 2.08. The Morgan fingerprint density at radius 3 is 2.62 bits per heavy atom. The van der Waals surface area contributed by atoms with E-state index < -0.39 is 0 Å². The Labute approximate surface area is 81.0 Å². The van der Waals surface area contributed by atoms with Crippen molar-refractivity contribution in [1.82, 2.24) is 0 Å². The van der Waals surface area contributed by atoms with Gasteiger partial charge in [-0.1, -0.05) is 24.3 Å². The summed E-state index contributed by atoms with van der Waals surface area (Å²) in [6, 6.07) is 8.90. The first-order valence-electron chi connectivity index (χ1n) is 5.00. The van der Waals surface area contributed by atoms with Gasteiger partial charge in [0.1, 0.15) is 0 Å². The Bertz CT molecular complexity index is 253. The molecular formula is C12H19N. The van der Waals surface area contributed by atoms with Gasteiger partial charge >= 0.3 is 0 Å². The maximum atomic E-state index is 5.69. The zero-order chi connectivity index (χ0) is 9.68. The summed E-state index contributed by atoms with van der Waals surface area (Å²) < 4.78 is 0. The van der Waals surface area contributed by atoms with Gasteiger partial charge in [-0.15, -0.1) is 0 Å². The number of hydrogen-bond donors (Lipinski definition) is 1. The molecule has 1 nitrogen and oxygen atoms in total. The van der Waals surface area contributed by atoms with Crippen molar-refractivity contribution in [2.45, 2.75) is 39.2 Å². The Balaban J connectivity index is 2.41. The third kappa shape index (κ3) is 3.60. The van der Waals surface area contributed by atoms with Crippen molar-refractivity contribution < 1.29 is 0 Å². The highest BCUT2D eigenvalue weighted by atomic mass is 14.6. The topological polar surface area (TPSA) is 26.0 Å². The van der Waals surface area contributed by atoms with E-state index in [2.05, 4.69) is 38.1 Å². The van der Waals surface area contributed by atoms with E-state index in [1.54, 1.807) is 0 Å². The summed E-state index contributed by atoms with van der Waals surface area (Å²) in [4.78, 5) is 0. The summed E-state index contributed by atoms with van der Waals surface area (Å²) in [6.07, 6.45) is 3.48. The van der Waals surface area contributed by atoms with E-state index in [4.69, 9.17) is 5.73 Å². The van der Waals surface area contributed by atoms with Crippen LogP contribution in [0, 0.1) is 6.92 Å². The maximum Gasteiger partial charge on any atom is 0.00105 e. The second-order valence-corrected chi connectivity index (χ2v) is 3.80. The monoisotopic (exact) mass is 177 g/mol. The molecule has 13 heavy (non-hydrogen) atoms. The van der Waals surface area contributed by atoms with Crippen LogP contribution < -0.4 is 5.73 Å². The zero-order valence-corrected chi connectivity index (χ0v) is 8.59. The fraction of sp³-hybridized carbons (Fsp3) is 0.500. The molecule has 0 spiro atoms. The van der Waals surface area contributed by atoms with Crippen molar-refractivity contribution in [2.24, 2.45) is 5.73 Å². The van der Waals surface area contributed by atoms with E-state index >= 15 is 0 Å². The Hall–Kier alpha value is -0.820. The maximum absolute atomic E-state index is 5.69. The normalized spacial score (nSPS) is 12.8. The van der Waals surface area contributed by atoms with Crippen molar-refractivity contribution in [2.75, 3.05) is 0 Å². The fourth-order valence-electron chi connectivity index (χ4n) is 1.51. The Morgan fingerprint density at radius 1 is 1.31 bits per heavy atom. The van der Waals surface area contributed by atoms with Gasteiger partial charge in [0.15, 0.2) is 0 Å². The van der Waals surface area contributed by atoms with Crippen LogP contribution in [0.25, 0.3) is 0 Å². The number of aryl methyl sites for hydroxylation is 2. The van der Waals surface area contributed by atoms with Crippen LogP contribution in [0.2, 0.25) is 0 Å². The van der Waals surface area contributed by atoms with Crippen LogP contribution in [0.15, 0.2) is 24.3 Å². The number of rotatable bonds is 4. The van der Waals surface area contributed by atoms with Crippen LogP contribution in [0.4, 0.5) is 0 Å². The molecule has 1 aromatic rings. The lowest BCUT2D eigenvalue weighted by Crippen LogP contribution is -2.14. The molecule has 2 N–H and O–H groups in total. The molecule has 0 saturated carbocycles. The van der Waals surface area contributed by atoms with Crippen LogP contribution in [-0.2, 0) is 6.42 Å². The predicted molar refractivity (Wildman–Crippen MR) is 57.8 cm³/mol. The van der Waals surface area contributed by atoms with Gasteiger partial charge in [-0.05, 0) is 44.2 Å². The summed E-state index contributed by atoms with van der Waals surface area (Å²) in [5.41, 5.74) is 8.55. The van der Waals surface area contributed by atoms with Gasteiger partial charge in [-0.25, -0.2) is 0 Å². The highest BCUT2D eigenvalue weighted by Gasteiger charge is 1.98. The van der Waals surface area contributed by atoms with Gasteiger partial charge < -0.3 is 5.73 Å². The van der Waals surface area contributed by atoms with Gasteiger partial charge in [0.05, 0.1) is 0 Å². The molecule has 0 fully saturated rings.